The summed E-state index contributed by atoms with van der Waals surface area (Å²) in [5.41, 5.74) is 0.339. The Balaban J connectivity index is 2.94. The molecule has 0 amide bonds. The number of nitrogens with zero attached hydrogens (tertiary/aromatic N) is 1. The van der Waals surface area contributed by atoms with Gasteiger partial charge in [0.1, 0.15) is 5.82 Å². The van der Waals surface area contributed by atoms with Crippen LogP contribution in [-0.2, 0) is 0 Å². The number of pyridine rings is 1. The third kappa shape index (κ3) is 1.44. The fourth-order valence-corrected chi connectivity index (χ4v) is 2.04. The van der Waals surface area contributed by atoms with Crippen LogP contribution in [0, 0.1) is 11.0 Å². The number of fused-ring (bicyclic) bond motifs is 1. The third-order valence-electron chi connectivity index (χ3n) is 1.87. The summed E-state index contributed by atoms with van der Waals surface area (Å²) in [4.78, 5) is 0. The zero-order chi connectivity index (χ0) is 10.3. The van der Waals surface area contributed by atoms with Crippen molar-refractivity contribution in [3.8, 4) is 0 Å². The van der Waals surface area contributed by atoms with Gasteiger partial charge >= 0.3 is 0 Å². The average molecular weight is 276 g/mol. The summed E-state index contributed by atoms with van der Waals surface area (Å²) in [5.74, 6) is -0.415. The zero-order valence-electron chi connectivity index (χ0n) is 6.80. The summed E-state index contributed by atoms with van der Waals surface area (Å²) in [7, 11) is 0. The van der Waals surface area contributed by atoms with E-state index in [9.17, 15) is 9.60 Å². The molecule has 0 bridgehead atoms. The molecule has 0 fully saturated rings. The smallest absolute Gasteiger partial charge is 0.261 e. The molecule has 5 heteroatoms. The Hall–Kier alpha value is -0.870. The maximum absolute atomic E-state index is 12.9. The molecule has 1 aromatic carbocycles. The molecule has 2 nitrogen and oxygen atoms in total. The normalized spacial score (nSPS) is 10.8. The molecule has 14 heavy (non-hydrogen) atoms. The SMILES string of the molecule is [O-][n+]1c(Br)cc(Cl)c2cc(F)ccc21. The number of rotatable bonds is 0. The summed E-state index contributed by atoms with van der Waals surface area (Å²) < 4.78 is 13.8. The topological polar surface area (TPSA) is 26.9 Å². The first-order valence-electron chi connectivity index (χ1n) is 3.76. The Kier molecular flexibility index (Phi) is 2.33. The van der Waals surface area contributed by atoms with Crippen LogP contribution in [0.3, 0.4) is 0 Å². The Morgan fingerprint density at radius 2 is 2.07 bits per heavy atom. The van der Waals surface area contributed by atoms with Gasteiger partial charge in [-0.2, -0.15) is 4.73 Å². The van der Waals surface area contributed by atoms with Crippen LogP contribution in [0.4, 0.5) is 4.39 Å². The van der Waals surface area contributed by atoms with Gasteiger partial charge in [0.05, 0.1) is 10.4 Å². The second-order valence-electron chi connectivity index (χ2n) is 2.77. The van der Waals surface area contributed by atoms with Crippen LogP contribution in [0.25, 0.3) is 10.9 Å². The lowest BCUT2D eigenvalue weighted by atomic mass is 10.2. The number of benzene rings is 1. The van der Waals surface area contributed by atoms with E-state index in [2.05, 4.69) is 15.9 Å². The van der Waals surface area contributed by atoms with Gasteiger partial charge in [-0.15, -0.1) is 0 Å². The van der Waals surface area contributed by atoms with Crippen LogP contribution in [0.15, 0.2) is 28.9 Å². The molecule has 0 aliphatic carbocycles. The summed E-state index contributed by atoms with van der Waals surface area (Å²) >= 11 is 8.92. The molecule has 0 unspecified atom stereocenters. The van der Waals surface area contributed by atoms with Crippen LogP contribution in [-0.4, -0.2) is 0 Å². The number of aromatic nitrogens is 1. The van der Waals surface area contributed by atoms with E-state index in [1.165, 1.54) is 24.3 Å². The molecule has 2 rings (SSSR count). The highest BCUT2D eigenvalue weighted by Crippen LogP contribution is 2.24. The Bertz CT molecular complexity index is 518. The van der Waals surface area contributed by atoms with Gasteiger partial charge in [-0.3, -0.25) is 0 Å². The van der Waals surface area contributed by atoms with Crippen molar-refractivity contribution in [3.63, 3.8) is 0 Å². The van der Waals surface area contributed by atoms with Gasteiger partial charge in [-0.1, -0.05) is 11.6 Å². The van der Waals surface area contributed by atoms with E-state index < -0.39 is 5.82 Å². The molecular formula is C9H4BrClFNO. The van der Waals surface area contributed by atoms with E-state index in [1.54, 1.807) is 0 Å². The quantitative estimate of drug-likeness (QED) is 0.413. The van der Waals surface area contributed by atoms with Gasteiger partial charge in [-0.25, -0.2) is 4.39 Å². The largest absolute Gasteiger partial charge is 0.617 e. The van der Waals surface area contributed by atoms with Crippen LogP contribution >= 0.6 is 27.5 Å². The van der Waals surface area contributed by atoms with Crippen LogP contribution in [0.5, 0.6) is 0 Å². The van der Waals surface area contributed by atoms with Crippen molar-refractivity contribution in [2.75, 3.05) is 0 Å². The van der Waals surface area contributed by atoms with Crippen molar-refractivity contribution in [1.82, 2.24) is 0 Å². The Morgan fingerprint density at radius 1 is 1.36 bits per heavy atom. The molecule has 0 aliphatic rings. The van der Waals surface area contributed by atoms with E-state index in [0.717, 1.165) is 0 Å². The zero-order valence-corrected chi connectivity index (χ0v) is 9.14. The second kappa shape index (κ2) is 3.37. The molecule has 1 aromatic heterocycles. The molecule has 0 spiro atoms. The Labute approximate surface area is 92.6 Å². The maximum atomic E-state index is 12.9. The van der Waals surface area contributed by atoms with Gasteiger partial charge in [0.15, 0.2) is 0 Å². The second-order valence-corrected chi connectivity index (χ2v) is 3.99. The molecular weight excluding hydrogens is 272 g/mol. The number of hydrogen-bond donors (Lipinski definition) is 0. The van der Waals surface area contributed by atoms with E-state index in [0.29, 0.717) is 25.3 Å². The summed E-state index contributed by atoms with van der Waals surface area (Å²) in [6, 6.07) is 5.29. The minimum atomic E-state index is -0.415. The first-order chi connectivity index (χ1) is 6.59. The number of hydrogen-bond acceptors (Lipinski definition) is 1. The van der Waals surface area contributed by atoms with Crippen LogP contribution in [0.2, 0.25) is 5.02 Å². The molecule has 0 saturated heterocycles. The highest BCUT2D eigenvalue weighted by Gasteiger charge is 2.12. The van der Waals surface area contributed by atoms with Crippen LogP contribution < -0.4 is 4.73 Å². The van der Waals surface area contributed by atoms with Crippen molar-refractivity contribution < 1.29 is 9.12 Å². The van der Waals surface area contributed by atoms with Gasteiger partial charge in [0.25, 0.3) is 4.60 Å². The first-order valence-corrected chi connectivity index (χ1v) is 4.93. The predicted molar refractivity (Wildman–Crippen MR) is 55.6 cm³/mol. The minimum absolute atomic E-state index is 0.307. The molecule has 1 heterocycles. The van der Waals surface area contributed by atoms with Crippen LogP contribution in [0.1, 0.15) is 0 Å². The van der Waals surface area contributed by atoms with Gasteiger partial charge < -0.3 is 5.21 Å². The summed E-state index contributed by atoms with van der Waals surface area (Å²) in [6.07, 6.45) is 0. The fraction of sp³-hybridized carbons (Fsp3) is 0. The third-order valence-corrected chi connectivity index (χ3v) is 2.74. The maximum Gasteiger partial charge on any atom is 0.261 e. The molecule has 0 atom stereocenters. The van der Waals surface area contributed by atoms with E-state index in [1.807, 2.05) is 0 Å². The molecule has 72 valence electrons. The molecule has 0 radical (unpaired) electrons. The lowest BCUT2D eigenvalue weighted by molar-refractivity contribution is -0.589. The lowest BCUT2D eigenvalue weighted by Crippen LogP contribution is -2.28. The number of halogens is 3. The van der Waals surface area contributed by atoms with Crippen molar-refractivity contribution >= 4 is 38.4 Å². The monoisotopic (exact) mass is 275 g/mol. The first kappa shape index (κ1) is 9.68. The predicted octanol–water partition coefficient (Wildman–Crippen LogP) is 3.03. The van der Waals surface area contributed by atoms with E-state index in [-0.39, 0.29) is 0 Å². The van der Waals surface area contributed by atoms with Crippen molar-refractivity contribution in [2.45, 2.75) is 0 Å². The molecule has 0 aliphatic heterocycles. The van der Waals surface area contributed by atoms with Gasteiger partial charge in [0.2, 0.25) is 5.52 Å². The van der Waals surface area contributed by atoms with E-state index >= 15 is 0 Å². The minimum Gasteiger partial charge on any atom is -0.617 e. The highest BCUT2D eigenvalue weighted by molar-refractivity contribution is 9.10. The van der Waals surface area contributed by atoms with Crippen molar-refractivity contribution in [3.05, 3.63) is 44.9 Å². The van der Waals surface area contributed by atoms with Crippen molar-refractivity contribution in [1.29, 1.82) is 0 Å². The van der Waals surface area contributed by atoms with Crippen molar-refractivity contribution in [2.24, 2.45) is 0 Å². The molecule has 0 N–H and O–H groups in total. The highest BCUT2D eigenvalue weighted by atomic mass is 79.9. The summed E-state index contributed by atoms with van der Waals surface area (Å²) in [5, 5.41) is 12.2. The summed E-state index contributed by atoms with van der Waals surface area (Å²) in [6.45, 7) is 0. The Morgan fingerprint density at radius 3 is 2.79 bits per heavy atom. The lowest BCUT2D eigenvalue weighted by Gasteiger charge is -2.04. The molecule has 0 saturated carbocycles. The molecule has 2 aromatic rings. The average Bonchev–Trinajstić information content (AvgIpc) is 2.14. The van der Waals surface area contributed by atoms with Gasteiger partial charge in [-0.05, 0) is 12.1 Å². The fourth-order valence-electron chi connectivity index (χ4n) is 1.23. The van der Waals surface area contributed by atoms with E-state index in [4.69, 9.17) is 11.6 Å². The standard InChI is InChI=1S/C9H4BrClFNO/c10-9-4-7(11)6-3-5(12)1-2-8(6)13(9)14/h1-4H. The van der Waals surface area contributed by atoms with Gasteiger partial charge in [0, 0.05) is 28.1 Å².